The van der Waals surface area contributed by atoms with Crippen LogP contribution in [0.3, 0.4) is 0 Å². The lowest BCUT2D eigenvalue weighted by Crippen LogP contribution is -2.04. The Morgan fingerprint density at radius 2 is 1.62 bits per heavy atom. The molecule has 3 aromatic rings. The largest absolute Gasteiger partial charge is 0.368 e. The standard InChI is InChI=1S/C18H19N5O/c19-18-20-10-15(11-21-18)16-22-17(24-23-16)14-8-6-13(7-9-14)12-4-2-1-3-5-12/h6-12H,1-5H2,(H2,19,20,21). The van der Waals surface area contributed by atoms with Crippen LogP contribution in [0.2, 0.25) is 0 Å². The van der Waals surface area contributed by atoms with Crippen molar-refractivity contribution in [3.05, 3.63) is 42.2 Å². The average molecular weight is 321 g/mol. The molecule has 24 heavy (non-hydrogen) atoms. The van der Waals surface area contributed by atoms with E-state index in [1.54, 1.807) is 12.4 Å². The molecule has 1 saturated carbocycles. The minimum atomic E-state index is 0.223. The van der Waals surface area contributed by atoms with E-state index in [2.05, 4.69) is 44.4 Å². The van der Waals surface area contributed by atoms with Gasteiger partial charge in [0.05, 0.1) is 5.56 Å². The first-order chi connectivity index (χ1) is 11.8. The summed E-state index contributed by atoms with van der Waals surface area (Å²) in [6, 6.07) is 8.48. The zero-order valence-electron chi connectivity index (χ0n) is 13.4. The lowest BCUT2D eigenvalue weighted by Gasteiger charge is -2.21. The minimum Gasteiger partial charge on any atom is -0.368 e. The van der Waals surface area contributed by atoms with E-state index in [1.807, 2.05) is 0 Å². The second kappa shape index (κ2) is 6.39. The molecule has 0 amide bonds. The van der Waals surface area contributed by atoms with Gasteiger partial charge in [0.1, 0.15) is 0 Å². The van der Waals surface area contributed by atoms with Crippen molar-refractivity contribution in [1.29, 1.82) is 0 Å². The maximum Gasteiger partial charge on any atom is 0.258 e. The van der Waals surface area contributed by atoms with Gasteiger partial charge in [-0.3, -0.25) is 0 Å². The molecule has 2 N–H and O–H groups in total. The summed E-state index contributed by atoms with van der Waals surface area (Å²) in [6.45, 7) is 0. The van der Waals surface area contributed by atoms with Gasteiger partial charge in [-0.05, 0) is 36.5 Å². The summed E-state index contributed by atoms with van der Waals surface area (Å²) >= 11 is 0. The first-order valence-corrected chi connectivity index (χ1v) is 8.31. The number of nitrogen functional groups attached to an aromatic ring is 1. The van der Waals surface area contributed by atoms with Gasteiger partial charge in [-0.1, -0.05) is 36.6 Å². The van der Waals surface area contributed by atoms with E-state index in [1.165, 1.54) is 37.7 Å². The van der Waals surface area contributed by atoms with Crippen LogP contribution in [-0.4, -0.2) is 20.1 Å². The van der Waals surface area contributed by atoms with Gasteiger partial charge >= 0.3 is 0 Å². The van der Waals surface area contributed by atoms with Crippen molar-refractivity contribution < 1.29 is 4.52 Å². The van der Waals surface area contributed by atoms with Crippen LogP contribution in [-0.2, 0) is 0 Å². The van der Waals surface area contributed by atoms with Crippen molar-refractivity contribution in [2.75, 3.05) is 5.73 Å². The van der Waals surface area contributed by atoms with Crippen molar-refractivity contribution in [2.45, 2.75) is 38.0 Å². The van der Waals surface area contributed by atoms with Crippen molar-refractivity contribution in [1.82, 2.24) is 20.1 Å². The molecule has 122 valence electrons. The molecular formula is C18H19N5O. The number of anilines is 1. The number of rotatable bonds is 3. The molecule has 2 aromatic heterocycles. The molecule has 0 spiro atoms. The second-order valence-electron chi connectivity index (χ2n) is 6.21. The number of aromatic nitrogens is 4. The topological polar surface area (TPSA) is 90.7 Å². The Morgan fingerprint density at radius 1 is 0.917 bits per heavy atom. The molecule has 2 heterocycles. The van der Waals surface area contributed by atoms with Gasteiger partial charge in [-0.15, -0.1) is 0 Å². The molecule has 0 saturated heterocycles. The van der Waals surface area contributed by atoms with E-state index >= 15 is 0 Å². The second-order valence-corrected chi connectivity index (χ2v) is 6.21. The summed E-state index contributed by atoms with van der Waals surface area (Å²) in [5.74, 6) is 1.87. The van der Waals surface area contributed by atoms with Gasteiger partial charge < -0.3 is 10.3 Å². The number of nitrogens with zero attached hydrogens (tertiary/aromatic N) is 4. The van der Waals surface area contributed by atoms with Crippen LogP contribution in [0.5, 0.6) is 0 Å². The van der Waals surface area contributed by atoms with Crippen LogP contribution in [0, 0.1) is 0 Å². The van der Waals surface area contributed by atoms with Crippen LogP contribution < -0.4 is 5.73 Å². The molecule has 1 aromatic carbocycles. The molecule has 1 fully saturated rings. The van der Waals surface area contributed by atoms with Crippen LogP contribution >= 0.6 is 0 Å². The maximum absolute atomic E-state index is 5.49. The molecular weight excluding hydrogens is 302 g/mol. The van der Waals surface area contributed by atoms with Crippen LogP contribution in [0.15, 0.2) is 41.2 Å². The summed E-state index contributed by atoms with van der Waals surface area (Å²) in [6.07, 6.45) is 9.80. The van der Waals surface area contributed by atoms with Crippen LogP contribution in [0.1, 0.15) is 43.6 Å². The Bertz CT molecular complexity index is 804. The molecule has 1 aliphatic rings. The van der Waals surface area contributed by atoms with E-state index in [9.17, 15) is 0 Å². The van der Waals surface area contributed by atoms with E-state index in [0.29, 0.717) is 23.2 Å². The number of nitrogens with two attached hydrogens (primary N) is 1. The average Bonchev–Trinajstić information content (AvgIpc) is 3.13. The van der Waals surface area contributed by atoms with Gasteiger partial charge in [0, 0.05) is 18.0 Å². The zero-order valence-corrected chi connectivity index (χ0v) is 13.4. The number of hydrogen-bond donors (Lipinski definition) is 1. The third kappa shape index (κ3) is 2.99. The third-order valence-corrected chi connectivity index (χ3v) is 4.59. The van der Waals surface area contributed by atoms with Crippen LogP contribution in [0.25, 0.3) is 22.8 Å². The summed E-state index contributed by atoms with van der Waals surface area (Å²) < 4.78 is 5.37. The molecule has 0 radical (unpaired) electrons. The van der Waals surface area contributed by atoms with Crippen molar-refractivity contribution in [3.8, 4) is 22.8 Å². The van der Waals surface area contributed by atoms with Gasteiger partial charge in [0.15, 0.2) is 0 Å². The van der Waals surface area contributed by atoms with Crippen molar-refractivity contribution in [2.24, 2.45) is 0 Å². The summed E-state index contributed by atoms with van der Waals surface area (Å²) in [5, 5.41) is 4.00. The normalized spacial score (nSPS) is 15.5. The van der Waals surface area contributed by atoms with Crippen molar-refractivity contribution in [3.63, 3.8) is 0 Å². The molecule has 1 aliphatic carbocycles. The quantitative estimate of drug-likeness (QED) is 0.788. The van der Waals surface area contributed by atoms with E-state index in [4.69, 9.17) is 10.3 Å². The summed E-state index contributed by atoms with van der Waals surface area (Å²) in [5.41, 5.74) is 8.50. The van der Waals surface area contributed by atoms with Crippen LogP contribution in [0.4, 0.5) is 5.95 Å². The third-order valence-electron chi connectivity index (χ3n) is 4.59. The van der Waals surface area contributed by atoms with E-state index in [0.717, 1.165) is 5.56 Å². The highest BCUT2D eigenvalue weighted by atomic mass is 16.5. The molecule has 6 nitrogen and oxygen atoms in total. The Kier molecular flexibility index (Phi) is 3.94. The van der Waals surface area contributed by atoms with E-state index in [-0.39, 0.29) is 5.95 Å². The highest BCUT2D eigenvalue weighted by Crippen LogP contribution is 2.33. The Morgan fingerprint density at radius 3 is 2.33 bits per heavy atom. The fourth-order valence-electron chi connectivity index (χ4n) is 3.25. The molecule has 0 aliphatic heterocycles. The van der Waals surface area contributed by atoms with E-state index < -0.39 is 0 Å². The first-order valence-electron chi connectivity index (χ1n) is 8.31. The Balaban J connectivity index is 1.54. The molecule has 4 rings (SSSR count). The molecule has 0 atom stereocenters. The van der Waals surface area contributed by atoms with Gasteiger partial charge in [-0.2, -0.15) is 4.98 Å². The minimum absolute atomic E-state index is 0.223. The number of hydrogen-bond acceptors (Lipinski definition) is 6. The van der Waals surface area contributed by atoms with Gasteiger partial charge in [-0.25, -0.2) is 9.97 Å². The SMILES string of the molecule is Nc1ncc(-c2noc(-c3ccc(C4CCCCC4)cc3)n2)cn1. The fourth-order valence-corrected chi connectivity index (χ4v) is 3.25. The highest BCUT2D eigenvalue weighted by Gasteiger charge is 2.16. The Labute approximate surface area is 140 Å². The molecule has 0 unspecified atom stereocenters. The molecule has 6 heteroatoms. The lowest BCUT2D eigenvalue weighted by molar-refractivity contribution is 0.432. The Hall–Kier alpha value is -2.76. The maximum atomic E-state index is 5.49. The predicted molar refractivity (Wildman–Crippen MR) is 91.0 cm³/mol. The van der Waals surface area contributed by atoms with Gasteiger partial charge in [0.2, 0.25) is 11.8 Å². The monoisotopic (exact) mass is 321 g/mol. The van der Waals surface area contributed by atoms with Crippen molar-refractivity contribution >= 4 is 5.95 Å². The first kappa shape index (κ1) is 14.8. The lowest BCUT2D eigenvalue weighted by atomic mass is 9.84. The van der Waals surface area contributed by atoms with Gasteiger partial charge in [0.25, 0.3) is 5.89 Å². The summed E-state index contributed by atoms with van der Waals surface area (Å²) in [7, 11) is 0. The predicted octanol–water partition coefficient (Wildman–Crippen LogP) is 3.82. The summed E-state index contributed by atoms with van der Waals surface area (Å²) in [4.78, 5) is 12.3. The number of benzene rings is 1. The molecule has 0 bridgehead atoms. The fraction of sp³-hybridized carbons (Fsp3) is 0.333. The smallest absolute Gasteiger partial charge is 0.258 e. The zero-order chi connectivity index (χ0) is 16.4. The highest BCUT2D eigenvalue weighted by molar-refractivity contribution is 5.59.